The highest BCUT2D eigenvalue weighted by Crippen LogP contribution is 2.29. The van der Waals surface area contributed by atoms with Crippen molar-refractivity contribution >= 4 is 16.8 Å². The second kappa shape index (κ2) is 6.36. The van der Waals surface area contributed by atoms with Crippen molar-refractivity contribution in [3.05, 3.63) is 70.7 Å². The van der Waals surface area contributed by atoms with Crippen LogP contribution in [-0.4, -0.2) is 16.9 Å². The number of H-pyrrole nitrogens is 1. The molecule has 4 heteroatoms. The zero-order valence-corrected chi connectivity index (χ0v) is 14.2. The van der Waals surface area contributed by atoms with E-state index in [0.717, 1.165) is 41.3 Å². The second-order valence-corrected chi connectivity index (χ2v) is 6.94. The SMILES string of the molecule is Cc1ccc(CC(=O)NC2CCc3[nH]c4ccc(F)cc4c3C2)cc1. The number of nitrogens with one attached hydrogen (secondary N) is 2. The molecule has 1 amide bonds. The summed E-state index contributed by atoms with van der Waals surface area (Å²) in [4.78, 5) is 15.7. The summed E-state index contributed by atoms with van der Waals surface area (Å²) in [7, 11) is 0. The Balaban J connectivity index is 1.46. The molecule has 1 aliphatic rings. The maximum atomic E-state index is 13.6. The average molecular weight is 336 g/mol. The predicted molar refractivity (Wildman–Crippen MR) is 97.1 cm³/mol. The third kappa shape index (κ3) is 3.29. The van der Waals surface area contributed by atoms with Crippen LogP contribution in [0.3, 0.4) is 0 Å². The van der Waals surface area contributed by atoms with Gasteiger partial charge in [0, 0.05) is 22.6 Å². The quantitative estimate of drug-likeness (QED) is 0.750. The molecule has 1 aliphatic carbocycles. The lowest BCUT2D eigenvalue weighted by Gasteiger charge is -2.23. The highest BCUT2D eigenvalue weighted by molar-refractivity contribution is 5.85. The number of rotatable bonds is 3. The van der Waals surface area contributed by atoms with E-state index in [1.165, 1.54) is 17.3 Å². The first-order chi connectivity index (χ1) is 12.1. The Hall–Kier alpha value is -2.62. The van der Waals surface area contributed by atoms with Gasteiger partial charge in [0.25, 0.3) is 0 Å². The fourth-order valence-corrected chi connectivity index (χ4v) is 3.68. The van der Waals surface area contributed by atoms with Gasteiger partial charge < -0.3 is 10.3 Å². The smallest absolute Gasteiger partial charge is 0.224 e. The van der Waals surface area contributed by atoms with Gasteiger partial charge in [0.2, 0.25) is 5.91 Å². The maximum absolute atomic E-state index is 13.6. The molecule has 1 heterocycles. The minimum Gasteiger partial charge on any atom is -0.358 e. The number of aromatic nitrogens is 1. The van der Waals surface area contributed by atoms with E-state index in [1.54, 1.807) is 12.1 Å². The molecule has 2 N–H and O–H groups in total. The van der Waals surface area contributed by atoms with Gasteiger partial charge >= 0.3 is 0 Å². The van der Waals surface area contributed by atoms with Crippen LogP contribution in [0.2, 0.25) is 0 Å². The molecule has 3 nitrogen and oxygen atoms in total. The number of aromatic amines is 1. The van der Waals surface area contributed by atoms with Gasteiger partial charge in [-0.05, 0) is 55.5 Å². The van der Waals surface area contributed by atoms with Crippen molar-refractivity contribution in [2.75, 3.05) is 0 Å². The summed E-state index contributed by atoms with van der Waals surface area (Å²) in [5.74, 6) is -0.178. The lowest BCUT2D eigenvalue weighted by molar-refractivity contribution is -0.121. The largest absolute Gasteiger partial charge is 0.358 e. The van der Waals surface area contributed by atoms with Crippen LogP contribution in [0.1, 0.15) is 28.8 Å². The second-order valence-electron chi connectivity index (χ2n) is 6.94. The van der Waals surface area contributed by atoms with Crippen LogP contribution in [0.25, 0.3) is 10.9 Å². The summed E-state index contributed by atoms with van der Waals surface area (Å²) in [5.41, 5.74) is 5.49. The topological polar surface area (TPSA) is 44.9 Å². The zero-order chi connectivity index (χ0) is 17.4. The molecule has 0 fully saturated rings. The van der Waals surface area contributed by atoms with Crippen molar-refractivity contribution in [2.45, 2.75) is 38.6 Å². The number of halogens is 1. The maximum Gasteiger partial charge on any atom is 0.224 e. The number of hydrogen-bond acceptors (Lipinski definition) is 1. The lowest BCUT2D eigenvalue weighted by Crippen LogP contribution is -2.39. The van der Waals surface area contributed by atoms with Gasteiger partial charge in [0.15, 0.2) is 0 Å². The monoisotopic (exact) mass is 336 g/mol. The molecule has 1 aromatic heterocycles. The molecular weight excluding hydrogens is 315 g/mol. The molecule has 0 saturated heterocycles. The first-order valence-corrected chi connectivity index (χ1v) is 8.72. The molecule has 0 bridgehead atoms. The minimum absolute atomic E-state index is 0.0447. The van der Waals surface area contributed by atoms with E-state index in [9.17, 15) is 9.18 Å². The molecule has 1 atom stereocenters. The fraction of sp³-hybridized carbons (Fsp3) is 0.286. The lowest BCUT2D eigenvalue weighted by atomic mass is 9.91. The Morgan fingerprint density at radius 3 is 2.84 bits per heavy atom. The van der Waals surface area contributed by atoms with Gasteiger partial charge in [-0.1, -0.05) is 29.8 Å². The van der Waals surface area contributed by atoms with Gasteiger partial charge in [-0.3, -0.25) is 4.79 Å². The van der Waals surface area contributed by atoms with E-state index < -0.39 is 0 Å². The van der Waals surface area contributed by atoms with E-state index in [4.69, 9.17) is 0 Å². The Morgan fingerprint density at radius 2 is 2.04 bits per heavy atom. The summed E-state index contributed by atoms with van der Waals surface area (Å²) in [6.45, 7) is 2.04. The fourth-order valence-electron chi connectivity index (χ4n) is 3.68. The van der Waals surface area contributed by atoms with Crippen LogP contribution in [0.15, 0.2) is 42.5 Å². The van der Waals surface area contributed by atoms with Gasteiger partial charge in [-0.15, -0.1) is 0 Å². The molecule has 128 valence electrons. The Morgan fingerprint density at radius 1 is 1.24 bits per heavy atom. The predicted octanol–water partition coefficient (Wildman–Crippen LogP) is 3.83. The summed E-state index contributed by atoms with van der Waals surface area (Å²) in [5, 5.41) is 4.08. The normalized spacial score (nSPS) is 16.6. The minimum atomic E-state index is -0.222. The molecule has 3 aromatic rings. The van der Waals surface area contributed by atoms with Crippen LogP contribution >= 0.6 is 0 Å². The van der Waals surface area contributed by atoms with Crippen molar-refractivity contribution in [1.82, 2.24) is 10.3 Å². The third-order valence-electron chi connectivity index (χ3n) is 5.00. The van der Waals surface area contributed by atoms with Gasteiger partial charge in [0.1, 0.15) is 5.82 Å². The number of carbonyl (C=O) groups is 1. The van der Waals surface area contributed by atoms with E-state index in [1.807, 2.05) is 31.2 Å². The van der Waals surface area contributed by atoms with Crippen molar-refractivity contribution in [3.8, 4) is 0 Å². The van der Waals surface area contributed by atoms with E-state index >= 15 is 0 Å². The van der Waals surface area contributed by atoms with E-state index in [-0.39, 0.29) is 17.8 Å². The van der Waals surface area contributed by atoms with Crippen LogP contribution in [0, 0.1) is 12.7 Å². The number of hydrogen-bond donors (Lipinski definition) is 2. The van der Waals surface area contributed by atoms with Crippen molar-refractivity contribution < 1.29 is 9.18 Å². The molecule has 1 unspecified atom stereocenters. The average Bonchev–Trinajstić information content (AvgIpc) is 2.94. The first-order valence-electron chi connectivity index (χ1n) is 8.72. The van der Waals surface area contributed by atoms with Gasteiger partial charge in [-0.25, -0.2) is 4.39 Å². The summed E-state index contributed by atoms with van der Waals surface area (Å²) < 4.78 is 13.6. The van der Waals surface area contributed by atoms with Crippen LogP contribution in [-0.2, 0) is 24.1 Å². The van der Waals surface area contributed by atoms with Gasteiger partial charge in [-0.2, -0.15) is 0 Å². The molecular formula is C21H21FN2O. The third-order valence-corrected chi connectivity index (χ3v) is 5.00. The molecule has 25 heavy (non-hydrogen) atoms. The van der Waals surface area contributed by atoms with Crippen LogP contribution in [0.5, 0.6) is 0 Å². The Bertz CT molecular complexity index is 927. The molecule has 0 spiro atoms. The summed E-state index contributed by atoms with van der Waals surface area (Å²) in [6.07, 6.45) is 2.92. The number of fused-ring (bicyclic) bond motifs is 3. The van der Waals surface area contributed by atoms with Crippen LogP contribution < -0.4 is 5.32 Å². The van der Waals surface area contributed by atoms with Crippen molar-refractivity contribution in [1.29, 1.82) is 0 Å². The molecule has 0 saturated carbocycles. The Kier molecular flexibility index (Phi) is 4.04. The molecule has 2 aromatic carbocycles. The van der Waals surface area contributed by atoms with Crippen molar-refractivity contribution in [2.24, 2.45) is 0 Å². The molecule has 0 radical (unpaired) electrons. The number of amides is 1. The number of benzene rings is 2. The zero-order valence-electron chi connectivity index (χ0n) is 14.2. The van der Waals surface area contributed by atoms with Crippen molar-refractivity contribution in [3.63, 3.8) is 0 Å². The van der Waals surface area contributed by atoms with Crippen LogP contribution in [0.4, 0.5) is 4.39 Å². The van der Waals surface area contributed by atoms with Gasteiger partial charge in [0.05, 0.1) is 6.42 Å². The number of carbonyl (C=O) groups excluding carboxylic acids is 1. The molecule has 4 rings (SSSR count). The van der Waals surface area contributed by atoms with E-state index in [0.29, 0.717) is 6.42 Å². The molecule has 0 aliphatic heterocycles. The number of aryl methyl sites for hydroxylation is 2. The highest BCUT2D eigenvalue weighted by Gasteiger charge is 2.23. The summed E-state index contributed by atoms with van der Waals surface area (Å²) in [6, 6.07) is 13.0. The highest BCUT2D eigenvalue weighted by atomic mass is 19.1. The summed E-state index contributed by atoms with van der Waals surface area (Å²) >= 11 is 0. The van der Waals surface area contributed by atoms with E-state index in [2.05, 4.69) is 10.3 Å². The standard InChI is InChI=1S/C21H21FN2O/c1-13-2-4-14(5-3-13)10-21(25)23-16-7-9-20-18(12-16)17-11-15(22)6-8-19(17)24-20/h2-6,8,11,16,24H,7,9-10,12H2,1H3,(H,23,25). The first kappa shape index (κ1) is 15.9. The Labute approximate surface area is 146 Å².